The van der Waals surface area contributed by atoms with Gasteiger partial charge in [-0.1, -0.05) is 31.2 Å². The number of aryl methyl sites for hydroxylation is 1. The third-order valence-electron chi connectivity index (χ3n) is 4.57. The number of benzene rings is 1. The van der Waals surface area contributed by atoms with Crippen LogP contribution in [0, 0.1) is 0 Å². The van der Waals surface area contributed by atoms with E-state index < -0.39 is 9.84 Å². The molecule has 1 N–H and O–H groups in total. The van der Waals surface area contributed by atoms with Gasteiger partial charge in [0.1, 0.15) is 0 Å². The van der Waals surface area contributed by atoms with Crippen molar-refractivity contribution in [2.75, 3.05) is 7.05 Å². The average molecular weight is 295 g/mol. The van der Waals surface area contributed by atoms with E-state index in [-0.39, 0.29) is 16.5 Å². The molecule has 0 bridgehead atoms. The van der Waals surface area contributed by atoms with Crippen LogP contribution in [-0.2, 0) is 16.3 Å². The zero-order valence-electron chi connectivity index (χ0n) is 12.6. The predicted octanol–water partition coefficient (Wildman–Crippen LogP) is 2.87. The summed E-state index contributed by atoms with van der Waals surface area (Å²) < 4.78 is 25.6. The van der Waals surface area contributed by atoms with Gasteiger partial charge >= 0.3 is 0 Å². The lowest BCUT2D eigenvalue weighted by Crippen LogP contribution is -2.39. The predicted molar refractivity (Wildman–Crippen MR) is 83.6 cm³/mol. The lowest BCUT2D eigenvalue weighted by atomic mass is 9.99. The quantitative estimate of drug-likeness (QED) is 0.869. The highest BCUT2D eigenvalue weighted by atomic mass is 32.2. The van der Waals surface area contributed by atoms with E-state index in [9.17, 15) is 8.42 Å². The van der Waals surface area contributed by atoms with Gasteiger partial charge in [0.2, 0.25) is 0 Å². The van der Waals surface area contributed by atoms with E-state index in [0.29, 0.717) is 6.42 Å². The van der Waals surface area contributed by atoms with Crippen LogP contribution in [0.4, 0.5) is 0 Å². The maximum Gasteiger partial charge on any atom is 0.157 e. The Labute approximate surface area is 122 Å². The summed E-state index contributed by atoms with van der Waals surface area (Å²) in [6.07, 6.45) is 3.33. The summed E-state index contributed by atoms with van der Waals surface area (Å²) in [7, 11) is -1.23. The summed E-state index contributed by atoms with van der Waals surface area (Å²) in [5, 5.41) is 2.67. The van der Waals surface area contributed by atoms with E-state index in [1.54, 1.807) is 0 Å². The number of rotatable bonds is 4. The molecule has 1 aliphatic carbocycles. The molecule has 1 aromatic rings. The van der Waals surface area contributed by atoms with Crippen LogP contribution in [0.3, 0.4) is 0 Å². The van der Waals surface area contributed by atoms with Crippen LogP contribution in [0.5, 0.6) is 0 Å². The monoisotopic (exact) mass is 295 g/mol. The molecule has 0 aromatic heterocycles. The van der Waals surface area contributed by atoms with E-state index >= 15 is 0 Å². The smallest absolute Gasteiger partial charge is 0.157 e. The van der Waals surface area contributed by atoms with Gasteiger partial charge in [-0.05, 0) is 50.8 Å². The van der Waals surface area contributed by atoms with Gasteiger partial charge in [0, 0.05) is 6.04 Å². The molecule has 3 nitrogen and oxygen atoms in total. The Balaban J connectivity index is 2.45. The molecule has 0 spiro atoms. The van der Waals surface area contributed by atoms with Gasteiger partial charge in [-0.3, -0.25) is 0 Å². The summed E-state index contributed by atoms with van der Waals surface area (Å²) >= 11 is 0. The van der Waals surface area contributed by atoms with E-state index in [0.717, 1.165) is 24.8 Å². The zero-order valence-corrected chi connectivity index (χ0v) is 13.4. The van der Waals surface area contributed by atoms with Gasteiger partial charge in [-0.2, -0.15) is 0 Å². The second-order valence-electron chi connectivity index (χ2n) is 5.70. The van der Waals surface area contributed by atoms with Crippen LogP contribution in [0.15, 0.2) is 24.3 Å². The molecule has 0 saturated heterocycles. The Bertz CT molecular complexity index is 553. The van der Waals surface area contributed by atoms with Crippen molar-refractivity contribution in [2.45, 2.75) is 56.1 Å². The molecule has 2 rings (SSSR count). The van der Waals surface area contributed by atoms with Crippen molar-refractivity contribution in [1.29, 1.82) is 0 Å². The van der Waals surface area contributed by atoms with Crippen molar-refractivity contribution in [2.24, 2.45) is 0 Å². The minimum atomic E-state index is -3.10. The molecule has 0 aliphatic heterocycles. The van der Waals surface area contributed by atoms with Crippen LogP contribution in [0.2, 0.25) is 0 Å². The summed E-state index contributed by atoms with van der Waals surface area (Å²) in [6, 6.07) is 8.14. The van der Waals surface area contributed by atoms with Crippen molar-refractivity contribution in [3.05, 3.63) is 35.4 Å². The molecule has 1 aromatic carbocycles. The topological polar surface area (TPSA) is 46.2 Å². The number of hydrogen-bond acceptors (Lipinski definition) is 3. The molecule has 3 atom stereocenters. The summed E-state index contributed by atoms with van der Waals surface area (Å²) in [5.41, 5.74) is 2.44. The van der Waals surface area contributed by atoms with Crippen LogP contribution in [-0.4, -0.2) is 26.0 Å². The molecule has 0 saturated carbocycles. The Morgan fingerprint density at radius 2 is 2.05 bits per heavy atom. The molecule has 112 valence electrons. The molecule has 20 heavy (non-hydrogen) atoms. The number of hydrogen-bond donors (Lipinski definition) is 1. The minimum absolute atomic E-state index is 0.0901. The van der Waals surface area contributed by atoms with E-state index in [1.165, 1.54) is 5.56 Å². The third-order valence-corrected chi connectivity index (χ3v) is 7.37. The molecule has 0 amide bonds. The van der Waals surface area contributed by atoms with Crippen LogP contribution in [0.1, 0.15) is 50.3 Å². The first kappa shape index (κ1) is 15.5. The second kappa shape index (κ2) is 6.27. The van der Waals surface area contributed by atoms with Gasteiger partial charge < -0.3 is 5.32 Å². The maximum atomic E-state index is 12.8. The Morgan fingerprint density at radius 3 is 2.70 bits per heavy atom. The first-order chi connectivity index (χ1) is 9.52. The number of sulfone groups is 1. The second-order valence-corrected chi connectivity index (χ2v) is 8.29. The molecular formula is C16H25NO2S. The van der Waals surface area contributed by atoms with Crippen LogP contribution < -0.4 is 5.32 Å². The molecule has 0 radical (unpaired) electrons. The highest BCUT2D eigenvalue weighted by molar-refractivity contribution is 7.92. The summed E-state index contributed by atoms with van der Waals surface area (Å²) in [5.74, 6) is 0. The standard InChI is InChI=1S/C16H25NO2S/c1-4-12(2)20(18,19)15-11-7-9-13-8-5-6-10-14(13)16(15)17-3/h5-6,8,10,12,15-17H,4,7,9,11H2,1-3H3. The van der Waals surface area contributed by atoms with Gasteiger partial charge in [0.05, 0.1) is 10.5 Å². The van der Waals surface area contributed by atoms with Gasteiger partial charge in [-0.15, -0.1) is 0 Å². The minimum Gasteiger partial charge on any atom is -0.312 e. The van der Waals surface area contributed by atoms with Gasteiger partial charge in [-0.25, -0.2) is 8.42 Å². The number of nitrogens with one attached hydrogen (secondary N) is 1. The SMILES string of the molecule is CCC(C)S(=O)(=O)C1CCCc2ccccc2C1NC. The molecule has 1 aliphatic rings. The van der Waals surface area contributed by atoms with E-state index in [4.69, 9.17) is 0 Å². The molecule has 3 unspecified atom stereocenters. The van der Waals surface area contributed by atoms with Crippen molar-refractivity contribution in [3.63, 3.8) is 0 Å². The normalized spacial score (nSPS) is 24.8. The van der Waals surface area contributed by atoms with E-state index in [2.05, 4.69) is 17.4 Å². The van der Waals surface area contributed by atoms with Crippen molar-refractivity contribution in [1.82, 2.24) is 5.32 Å². The zero-order chi connectivity index (χ0) is 14.8. The van der Waals surface area contributed by atoms with Crippen LogP contribution >= 0.6 is 0 Å². The fourth-order valence-corrected chi connectivity index (χ4v) is 5.37. The highest BCUT2D eigenvalue weighted by Crippen LogP contribution is 2.34. The molecule has 4 heteroatoms. The highest BCUT2D eigenvalue weighted by Gasteiger charge is 2.38. The van der Waals surface area contributed by atoms with E-state index in [1.807, 2.05) is 33.0 Å². The summed E-state index contributed by atoms with van der Waals surface area (Å²) in [6.45, 7) is 3.78. The third kappa shape index (κ3) is 2.77. The molecular weight excluding hydrogens is 270 g/mol. The van der Waals surface area contributed by atoms with Crippen molar-refractivity contribution in [3.8, 4) is 0 Å². The maximum absolute atomic E-state index is 12.8. The fourth-order valence-electron chi connectivity index (χ4n) is 3.15. The largest absolute Gasteiger partial charge is 0.312 e. The molecule has 0 fully saturated rings. The van der Waals surface area contributed by atoms with Crippen molar-refractivity contribution < 1.29 is 8.42 Å². The summed E-state index contributed by atoms with van der Waals surface area (Å²) in [4.78, 5) is 0. The van der Waals surface area contributed by atoms with Gasteiger partial charge in [0.25, 0.3) is 0 Å². The fraction of sp³-hybridized carbons (Fsp3) is 0.625. The first-order valence-corrected chi connectivity index (χ1v) is 9.11. The number of fused-ring (bicyclic) bond motifs is 1. The Hall–Kier alpha value is -0.870. The first-order valence-electron chi connectivity index (χ1n) is 7.50. The Morgan fingerprint density at radius 1 is 1.35 bits per heavy atom. The van der Waals surface area contributed by atoms with Crippen LogP contribution in [0.25, 0.3) is 0 Å². The van der Waals surface area contributed by atoms with Crippen molar-refractivity contribution >= 4 is 9.84 Å². The molecule has 0 heterocycles. The average Bonchev–Trinajstić information content (AvgIpc) is 2.65. The Kier molecular flexibility index (Phi) is 4.86. The lowest BCUT2D eigenvalue weighted by molar-refractivity contribution is 0.493. The van der Waals surface area contributed by atoms with Gasteiger partial charge in [0.15, 0.2) is 9.84 Å². The lowest BCUT2D eigenvalue weighted by Gasteiger charge is -2.28.